The summed E-state index contributed by atoms with van der Waals surface area (Å²) < 4.78 is 36.2. The van der Waals surface area contributed by atoms with Crippen LogP contribution in [0.2, 0.25) is 0 Å². The minimum absolute atomic E-state index is 0.182. The molecule has 36 heavy (non-hydrogen) atoms. The number of benzene rings is 1. The van der Waals surface area contributed by atoms with Gasteiger partial charge in [0.1, 0.15) is 11.5 Å². The van der Waals surface area contributed by atoms with Crippen LogP contribution in [0.5, 0.6) is 11.5 Å². The van der Waals surface area contributed by atoms with E-state index in [-0.39, 0.29) is 29.9 Å². The van der Waals surface area contributed by atoms with Gasteiger partial charge in [0.25, 0.3) is 5.56 Å². The van der Waals surface area contributed by atoms with Crippen LogP contribution in [-0.2, 0) is 11.8 Å². The molecule has 184 valence electrons. The lowest BCUT2D eigenvalue weighted by atomic mass is 10.2. The van der Waals surface area contributed by atoms with Gasteiger partial charge < -0.3 is 15.0 Å². The van der Waals surface area contributed by atoms with Crippen LogP contribution < -0.4 is 15.6 Å². The van der Waals surface area contributed by atoms with Crippen LogP contribution in [0.25, 0.3) is 11.0 Å². The van der Waals surface area contributed by atoms with E-state index in [1.54, 1.807) is 29.0 Å². The maximum Gasteiger partial charge on any atom is 0.295 e. The number of carbonyl (C=O) groups excluding carboxylic acids is 1. The molecule has 1 aromatic carbocycles. The third kappa shape index (κ3) is 4.40. The summed E-state index contributed by atoms with van der Waals surface area (Å²) >= 11 is 0. The van der Waals surface area contributed by atoms with Crippen molar-refractivity contribution in [1.82, 2.24) is 29.2 Å². The van der Waals surface area contributed by atoms with Crippen molar-refractivity contribution in [2.45, 2.75) is 12.5 Å². The molecule has 1 aliphatic heterocycles. The second-order valence-electron chi connectivity index (χ2n) is 8.29. The molecule has 0 spiro atoms. The quantitative estimate of drug-likeness (QED) is 0.411. The first-order chi connectivity index (χ1) is 17.3. The van der Waals surface area contributed by atoms with E-state index in [0.717, 1.165) is 12.1 Å². The zero-order chi connectivity index (χ0) is 25.4. The number of nitrogens with zero attached hydrogens (tertiary/aromatic N) is 6. The van der Waals surface area contributed by atoms with Crippen LogP contribution in [0.1, 0.15) is 12.5 Å². The molecule has 0 bridgehead atoms. The summed E-state index contributed by atoms with van der Waals surface area (Å²) in [5.41, 5.74) is 0.391. The van der Waals surface area contributed by atoms with E-state index in [0.29, 0.717) is 35.8 Å². The number of aromatic nitrogens is 5. The zero-order valence-electron chi connectivity index (χ0n) is 19.2. The van der Waals surface area contributed by atoms with E-state index in [9.17, 15) is 18.4 Å². The molecule has 0 saturated carbocycles. The van der Waals surface area contributed by atoms with Crippen LogP contribution in [0.3, 0.4) is 0 Å². The summed E-state index contributed by atoms with van der Waals surface area (Å²) in [6.45, 7) is 4.20. The maximum absolute atomic E-state index is 14.3. The Morgan fingerprint density at radius 2 is 2.08 bits per heavy atom. The highest BCUT2D eigenvalue weighted by Crippen LogP contribution is 2.29. The highest BCUT2D eigenvalue weighted by Gasteiger charge is 2.29. The number of hydrogen-bond acceptors (Lipinski definition) is 7. The number of halogens is 2. The summed E-state index contributed by atoms with van der Waals surface area (Å²) in [7, 11) is 1.77. The van der Waals surface area contributed by atoms with Gasteiger partial charge in [-0.05, 0) is 30.7 Å². The van der Waals surface area contributed by atoms with Crippen LogP contribution in [0.15, 0.2) is 60.3 Å². The van der Waals surface area contributed by atoms with Crippen molar-refractivity contribution in [3.63, 3.8) is 0 Å². The van der Waals surface area contributed by atoms with Crippen LogP contribution in [0, 0.1) is 11.6 Å². The highest BCUT2D eigenvalue weighted by molar-refractivity contribution is 5.87. The van der Waals surface area contributed by atoms with Crippen molar-refractivity contribution in [2.75, 3.05) is 18.4 Å². The Labute approximate surface area is 203 Å². The van der Waals surface area contributed by atoms with Gasteiger partial charge in [-0.2, -0.15) is 10.1 Å². The molecule has 1 amide bonds. The van der Waals surface area contributed by atoms with Crippen molar-refractivity contribution in [3.8, 4) is 11.5 Å². The molecule has 4 heterocycles. The first-order valence-corrected chi connectivity index (χ1v) is 11.0. The number of carbonyl (C=O) groups is 1. The Kier molecular flexibility index (Phi) is 5.92. The molecule has 1 N–H and O–H groups in total. The van der Waals surface area contributed by atoms with E-state index in [1.165, 1.54) is 22.9 Å². The standard InChI is InChI=1S/C24H21F2N7O3/c1-3-21(34)32-7-6-17(13-32)33-22-14(10-27-24(30-22)29-16-11-28-31(2)12-16)8-20(23(33)35)36-19-5-4-15(25)9-18(19)26/h3-5,8-12,17H,1,6-7,13H2,2H3,(H,27,29,30). The maximum atomic E-state index is 14.3. The largest absolute Gasteiger partial charge is 0.448 e. The van der Waals surface area contributed by atoms with Gasteiger partial charge in [-0.3, -0.25) is 18.8 Å². The van der Waals surface area contributed by atoms with Crippen molar-refractivity contribution >= 4 is 28.6 Å². The number of rotatable bonds is 6. The molecule has 0 aliphatic carbocycles. The van der Waals surface area contributed by atoms with Crippen molar-refractivity contribution in [3.05, 3.63) is 77.5 Å². The summed E-state index contributed by atoms with van der Waals surface area (Å²) in [5.74, 6) is -2.21. The average Bonchev–Trinajstić information content (AvgIpc) is 3.50. The number of anilines is 2. The lowest BCUT2D eigenvalue weighted by Gasteiger charge is -2.19. The predicted octanol–water partition coefficient (Wildman–Crippen LogP) is 3.30. The topological polar surface area (TPSA) is 107 Å². The fourth-order valence-electron chi connectivity index (χ4n) is 4.14. The van der Waals surface area contributed by atoms with E-state index >= 15 is 0 Å². The smallest absolute Gasteiger partial charge is 0.295 e. The number of pyridine rings is 1. The second-order valence-corrected chi connectivity index (χ2v) is 8.29. The third-order valence-corrected chi connectivity index (χ3v) is 5.83. The monoisotopic (exact) mass is 493 g/mol. The Balaban J connectivity index is 1.60. The summed E-state index contributed by atoms with van der Waals surface area (Å²) in [4.78, 5) is 36.2. The van der Waals surface area contributed by atoms with Gasteiger partial charge in [0.15, 0.2) is 17.3 Å². The normalized spacial score (nSPS) is 15.3. The predicted molar refractivity (Wildman–Crippen MR) is 127 cm³/mol. The molecular weight excluding hydrogens is 472 g/mol. The van der Waals surface area contributed by atoms with Gasteiger partial charge in [-0.15, -0.1) is 0 Å². The third-order valence-electron chi connectivity index (χ3n) is 5.83. The van der Waals surface area contributed by atoms with Crippen molar-refractivity contribution in [2.24, 2.45) is 7.05 Å². The van der Waals surface area contributed by atoms with E-state index < -0.39 is 23.2 Å². The summed E-state index contributed by atoms with van der Waals surface area (Å²) in [5, 5.41) is 7.59. The molecule has 0 radical (unpaired) electrons. The summed E-state index contributed by atoms with van der Waals surface area (Å²) in [6, 6.07) is 3.80. The first kappa shape index (κ1) is 23.1. The molecule has 1 saturated heterocycles. The van der Waals surface area contributed by atoms with Gasteiger partial charge in [0, 0.05) is 44.0 Å². The molecule has 1 aliphatic rings. The summed E-state index contributed by atoms with van der Waals surface area (Å²) in [6.07, 6.45) is 6.55. The molecule has 5 rings (SSSR count). The number of hydrogen-bond donors (Lipinski definition) is 1. The Morgan fingerprint density at radius 3 is 2.81 bits per heavy atom. The van der Waals surface area contributed by atoms with Gasteiger partial charge in [0.2, 0.25) is 11.9 Å². The molecule has 1 unspecified atom stereocenters. The molecular formula is C24H21F2N7O3. The molecule has 1 fully saturated rings. The SMILES string of the molecule is C=CC(=O)N1CCC(n2c(=O)c(Oc3ccc(F)cc3F)cc3cnc(Nc4cnn(C)c4)nc32)C1. The van der Waals surface area contributed by atoms with Crippen molar-refractivity contribution in [1.29, 1.82) is 0 Å². The fraction of sp³-hybridized carbons (Fsp3) is 0.208. The Bertz CT molecular complexity index is 1550. The van der Waals surface area contributed by atoms with Gasteiger partial charge in [0.05, 0.1) is 17.9 Å². The fourth-order valence-corrected chi connectivity index (χ4v) is 4.14. The number of fused-ring (bicyclic) bond motifs is 1. The van der Waals surface area contributed by atoms with E-state index in [2.05, 4.69) is 27.0 Å². The number of amides is 1. The van der Waals surface area contributed by atoms with Crippen LogP contribution in [-0.4, -0.2) is 48.2 Å². The highest BCUT2D eigenvalue weighted by atomic mass is 19.1. The average molecular weight is 493 g/mol. The van der Waals surface area contributed by atoms with Gasteiger partial charge >= 0.3 is 0 Å². The molecule has 1 atom stereocenters. The van der Waals surface area contributed by atoms with E-state index in [4.69, 9.17) is 4.74 Å². The number of likely N-dealkylation sites (tertiary alicyclic amines) is 1. The Hall–Kier alpha value is -4.61. The first-order valence-electron chi connectivity index (χ1n) is 11.0. The minimum Gasteiger partial charge on any atom is -0.448 e. The number of nitrogens with one attached hydrogen (secondary N) is 1. The van der Waals surface area contributed by atoms with Crippen LogP contribution >= 0.6 is 0 Å². The van der Waals surface area contributed by atoms with Gasteiger partial charge in [-0.25, -0.2) is 13.8 Å². The van der Waals surface area contributed by atoms with E-state index in [1.807, 2.05) is 0 Å². The number of aryl methyl sites for hydroxylation is 1. The molecule has 10 nitrogen and oxygen atoms in total. The molecule has 4 aromatic rings. The van der Waals surface area contributed by atoms with Crippen molar-refractivity contribution < 1.29 is 18.3 Å². The molecule has 3 aromatic heterocycles. The Morgan fingerprint density at radius 1 is 1.25 bits per heavy atom. The lowest BCUT2D eigenvalue weighted by Crippen LogP contribution is -2.31. The van der Waals surface area contributed by atoms with Gasteiger partial charge in [-0.1, -0.05) is 6.58 Å². The van der Waals surface area contributed by atoms with Crippen LogP contribution in [0.4, 0.5) is 20.4 Å². The lowest BCUT2D eigenvalue weighted by molar-refractivity contribution is -0.125. The molecule has 12 heteroatoms. The number of ether oxygens (including phenoxy) is 1. The zero-order valence-corrected chi connectivity index (χ0v) is 19.2. The minimum atomic E-state index is -0.947. The second kappa shape index (κ2) is 9.21.